The lowest BCUT2D eigenvalue weighted by molar-refractivity contribution is -0.139. The number of carbonyl (C=O) groups excluding carboxylic acids is 1. The predicted molar refractivity (Wildman–Crippen MR) is 70.9 cm³/mol. The molecule has 1 atom stereocenters. The van der Waals surface area contributed by atoms with Crippen LogP contribution in [0.3, 0.4) is 0 Å². The monoisotopic (exact) mass is 283 g/mol. The molecule has 1 heterocycles. The third-order valence-corrected chi connectivity index (χ3v) is 2.43. The number of amides is 2. The Hall–Kier alpha value is -2.35. The minimum atomic E-state index is -0.988. The van der Waals surface area contributed by atoms with Crippen LogP contribution in [0, 0.1) is 0 Å². The molecule has 0 aliphatic carbocycles. The van der Waals surface area contributed by atoms with E-state index in [4.69, 9.17) is 14.6 Å². The fourth-order valence-corrected chi connectivity index (χ4v) is 1.39. The number of carboxylic acid groups (broad SMARTS) is 1. The van der Waals surface area contributed by atoms with Crippen LogP contribution in [-0.2, 0) is 9.53 Å². The number of ether oxygens (including phenoxy) is 2. The molecule has 8 heteroatoms. The molecule has 0 aliphatic heterocycles. The first-order valence-corrected chi connectivity index (χ1v) is 5.84. The molecule has 0 bridgehead atoms. The van der Waals surface area contributed by atoms with E-state index >= 15 is 0 Å². The van der Waals surface area contributed by atoms with E-state index in [0.717, 1.165) is 0 Å². The van der Waals surface area contributed by atoms with Gasteiger partial charge in [-0.15, -0.1) is 0 Å². The van der Waals surface area contributed by atoms with Gasteiger partial charge in [-0.25, -0.2) is 9.78 Å². The molecule has 2 amide bonds. The van der Waals surface area contributed by atoms with Gasteiger partial charge in [0.15, 0.2) is 0 Å². The lowest BCUT2D eigenvalue weighted by Crippen LogP contribution is -2.37. The van der Waals surface area contributed by atoms with Gasteiger partial charge in [-0.05, 0) is 6.07 Å². The largest absolute Gasteiger partial charge is 0.481 e. The zero-order chi connectivity index (χ0) is 15.0. The van der Waals surface area contributed by atoms with Crippen LogP contribution >= 0.6 is 0 Å². The lowest BCUT2D eigenvalue weighted by Gasteiger charge is -2.14. The zero-order valence-electron chi connectivity index (χ0n) is 11.3. The van der Waals surface area contributed by atoms with Crippen molar-refractivity contribution in [2.24, 2.45) is 0 Å². The maximum absolute atomic E-state index is 11.6. The van der Waals surface area contributed by atoms with Gasteiger partial charge in [0.05, 0.1) is 31.5 Å². The van der Waals surface area contributed by atoms with Gasteiger partial charge < -0.3 is 25.2 Å². The summed E-state index contributed by atoms with van der Waals surface area (Å²) in [6.07, 6.45) is 0.692. The number of pyridine rings is 1. The average molecular weight is 283 g/mol. The number of aromatic nitrogens is 1. The van der Waals surface area contributed by atoms with Crippen molar-refractivity contribution in [1.82, 2.24) is 10.3 Å². The van der Waals surface area contributed by atoms with Crippen LogP contribution in [0.5, 0.6) is 5.88 Å². The van der Waals surface area contributed by atoms with E-state index in [1.165, 1.54) is 20.4 Å². The summed E-state index contributed by atoms with van der Waals surface area (Å²) in [5, 5.41) is 13.7. The highest BCUT2D eigenvalue weighted by Crippen LogP contribution is 2.10. The third-order valence-electron chi connectivity index (χ3n) is 2.43. The number of nitrogens with zero attached hydrogens (tertiary/aromatic N) is 1. The summed E-state index contributed by atoms with van der Waals surface area (Å²) in [4.78, 5) is 26.1. The van der Waals surface area contributed by atoms with E-state index in [9.17, 15) is 9.59 Å². The molecule has 20 heavy (non-hydrogen) atoms. The number of carbonyl (C=O) groups is 2. The molecule has 0 aliphatic rings. The highest BCUT2D eigenvalue weighted by atomic mass is 16.5. The van der Waals surface area contributed by atoms with Crippen LogP contribution in [0.2, 0.25) is 0 Å². The minimum absolute atomic E-state index is 0.0955. The van der Waals surface area contributed by atoms with E-state index in [1.807, 2.05) is 0 Å². The van der Waals surface area contributed by atoms with Gasteiger partial charge in [0.2, 0.25) is 5.88 Å². The maximum atomic E-state index is 11.6. The standard InChI is InChI=1S/C12H17N3O5/c1-19-9(5-11(16)17)7-14-12(18)15-8-3-4-10(20-2)13-6-8/h3-4,6,9H,5,7H2,1-2H3,(H,16,17)(H2,14,15,18). The first-order chi connectivity index (χ1) is 9.55. The van der Waals surface area contributed by atoms with Crippen molar-refractivity contribution in [3.63, 3.8) is 0 Å². The molecule has 3 N–H and O–H groups in total. The second-order valence-corrected chi connectivity index (χ2v) is 3.88. The minimum Gasteiger partial charge on any atom is -0.481 e. The van der Waals surface area contributed by atoms with Crippen molar-refractivity contribution in [1.29, 1.82) is 0 Å². The van der Waals surface area contributed by atoms with E-state index in [-0.39, 0.29) is 13.0 Å². The number of anilines is 1. The van der Waals surface area contributed by atoms with Crippen LogP contribution in [0.15, 0.2) is 18.3 Å². The molecular formula is C12H17N3O5. The summed E-state index contributed by atoms with van der Waals surface area (Å²) in [6.45, 7) is 0.0955. The summed E-state index contributed by atoms with van der Waals surface area (Å²) in [5.41, 5.74) is 0.496. The maximum Gasteiger partial charge on any atom is 0.319 e. The molecule has 0 saturated carbocycles. The van der Waals surface area contributed by atoms with Crippen molar-refractivity contribution in [2.75, 3.05) is 26.1 Å². The van der Waals surface area contributed by atoms with E-state index < -0.39 is 18.1 Å². The highest BCUT2D eigenvalue weighted by molar-refractivity contribution is 5.89. The Labute approximate surface area is 116 Å². The molecule has 0 aromatic carbocycles. The molecule has 0 spiro atoms. The Balaban J connectivity index is 2.40. The first-order valence-electron chi connectivity index (χ1n) is 5.84. The third kappa shape index (κ3) is 5.53. The predicted octanol–water partition coefficient (Wildman–Crippen LogP) is 0.701. The second-order valence-electron chi connectivity index (χ2n) is 3.88. The Morgan fingerprint density at radius 2 is 2.15 bits per heavy atom. The Bertz CT molecular complexity index is 449. The molecule has 0 fully saturated rings. The molecule has 0 radical (unpaired) electrons. The van der Waals surface area contributed by atoms with Crippen LogP contribution < -0.4 is 15.4 Å². The summed E-state index contributed by atoms with van der Waals surface area (Å²) < 4.78 is 9.83. The Morgan fingerprint density at radius 3 is 2.65 bits per heavy atom. The van der Waals surface area contributed by atoms with Gasteiger partial charge in [0, 0.05) is 19.7 Å². The van der Waals surface area contributed by atoms with Crippen molar-refractivity contribution in [3.8, 4) is 5.88 Å². The number of hydrogen-bond donors (Lipinski definition) is 3. The van der Waals surface area contributed by atoms with Crippen LogP contribution in [0.1, 0.15) is 6.42 Å². The number of carboxylic acids is 1. The van der Waals surface area contributed by atoms with Gasteiger partial charge in [-0.2, -0.15) is 0 Å². The van der Waals surface area contributed by atoms with Gasteiger partial charge in [0.25, 0.3) is 0 Å². The van der Waals surface area contributed by atoms with Gasteiger partial charge >= 0.3 is 12.0 Å². The van der Waals surface area contributed by atoms with Crippen molar-refractivity contribution in [2.45, 2.75) is 12.5 Å². The molecule has 1 aromatic rings. The SMILES string of the molecule is COc1ccc(NC(=O)NCC(CC(=O)O)OC)cn1. The molecule has 1 unspecified atom stereocenters. The number of urea groups is 1. The Morgan fingerprint density at radius 1 is 1.40 bits per heavy atom. The van der Waals surface area contributed by atoms with E-state index in [0.29, 0.717) is 11.6 Å². The number of rotatable bonds is 7. The summed E-state index contributed by atoms with van der Waals surface area (Å²) >= 11 is 0. The van der Waals surface area contributed by atoms with Crippen molar-refractivity contribution in [3.05, 3.63) is 18.3 Å². The van der Waals surface area contributed by atoms with Gasteiger partial charge in [0.1, 0.15) is 0 Å². The summed E-state index contributed by atoms with van der Waals surface area (Å²) in [6, 6.07) is 2.78. The zero-order valence-corrected chi connectivity index (χ0v) is 11.3. The highest BCUT2D eigenvalue weighted by Gasteiger charge is 2.13. The molecule has 8 nitrogen and oxygen atoms in total. The fourth-order valence-electron chi connectivity index (χ4n) is 1.39. The van der Waals surface area contributed by atoms with E-state index in [1.54, 1.807) is 12.1 Å². The van der Waals surface area contributed by atoms with Crippen molar-refractivity contribution < 1.29 is 24.2 Å². The fraction of sp³-hybridized carbons (Fsp3) is 0.417. The molecular weight excluding hydrogens is 266 g/mol. The van der Waals surface area contributed by atoms with Crippen LogP contribution in [0.4, 0.5) is 10.5 Å². The molecule has 1 rings (SSSR count). The first kappa shape index (κ1) is 15.7. The van der Waals surface area contributed by atoms with Crippen LogP contribution in [0.25, 0.3) is 0 Å². The second kappa shape index (κ2) is 7.95. The molecule has 1 aromatic heterocycles. The van der Waals surface area contributed by atoms with E-state index in [2.05, 4.69) is 15.6 Å². The summed E-state index contributed by atoms with van der Waals surface area (Å²) in [5.74, 6) is -0.546. The number of aliphatic carboxylic acids is 1. The summed E-state index contributed by atoms with van der Waals surface area (Å²) in [7, 11) is 2.88. The smallest absolute Gasteiger partial charge is 0.319 e. The van der Waals surface area contributed by atoms with Crippen molar-refractivity contribution >= 4 is 17.7 Å². The average Bonchev–Trinajstić information content (AvgIpc) is 2.44. The molecule has 110 valence electrons. The number of nitrogens with one attached hydrogen (secondary N) is 2. The normalized spacial score (nSPS) is 11.5. The van der Waals surface area contributed by atoms with Crippen LogP contribution in [-0.4, -0.2) is 49.0 Å². The molecule has 0 saturated heterocycles. The lowest BCUT2D eigenvalue weighted by atomic mass is 10.2. The number of methoxy groups -OCH3 is 2. The quantitative estimate of drug-likeness (QED) is 0.679. The number of hydrogen-bond acceptors (Lipinski definition) is 5. The van der Waals surface area contributed by atoms with Gasteiger partial charge in [-0.3, -0.25) is 4.79 Å². The Kier molecular flexibility index (Phi) is 6.24. The topological polar surface area (TPSA) is 110 Å². The van der Waals surface area contributed by atoms with Gasteiger partial charge in [-0.1, -0.05) is 0 Å².